The molecule has 11 heteroatoms. The van der Waals surface area contributed by atoms with Gasteiger partial charge in [0.15, 0.2) is 16.8 Å². The van der Waals surface area contributed by atoms with Crippen LogP contribution in [-0.4, -0.2) is 38.0 Å². The molecule has 32 heavy (non-hydrogen) atoms. The van der Waals surface area contributed by atoms with Gasteiger partial charge in [0.05, 0.1) is 29.3 Å². The first-order valence-corrected chi connectivity index (χ1v) is 11.4. The van der Waals surface area contributed by atoms with Crippen molar-refractivity contribution in [3.63, 3.8) is 0 Å². The van der Waals surface area contributed by atoms with Gasteiger partial charge in [0, 0.05) is 17.5 Å². The number of hydrogen-bond donors (Lipinski definition) is 0. The van der Waals surface area contributed by atoms with Crippen molar-refractivity contribution in [1.82, 2.24) is 14.8 Å². The molecule has 1 aliphatic rings. The fraction of sp³-hybridized carbons (Fsp3) is 0.238. The maximum atomic E-state index is 13.2. The number of fused-ring (bicyclic) bond motifs is 1. The first-order valence-electron chi connectivity index (χ1n) is 9.48. The summed E-state index contributed by atoms with van der Waals surface area (Å²) in [5, 5.41) is 8.66. The summed E-state index contributed by atoms with van der Waals surface area (Å²) in [5.74, 6) is 0.328. The van der Waals surface area contributed by atoms with E-state index in [0.29, 0.717) is 21.4 Å². The normalized spacial score (nSPS) is 13.9. The Labute approximate surface area is 190 Å². The second kappa shape index (κ2) is 8.99. The molecule has 4 rings (SSSR count). The molecule has 0 aliphatic carbocycles. The standard InChI is InChI=1S/C21H17F3N4O2S2/c1-27-18(25-26-20(27)32-11-16(29)13-5-3-2-4-6-13)10-28-15-9-14(21(22,23)24)7-8-17(15)31-12-19(28)30/h2-9H,10-12H2,1H3. The third kappa shape index (κ3) is 4.68. The lowest BCUT2D eigenvalue weighted by molar-refractivity contribution is -0.137. The quantitative estimate of drug-likeness (QED) is 0.385. The number of rotatable bonds is 6. The van der Waals surface area contributed by atoms with Crippen LogP contribution in [0, 0.1) is 0 Å². The van der Waals surface area contributed by atoms with Gasteiger partial charge in [-0.2, -0.15) is 13.2 Å². The molecular weight excluding hydrogens is 461 g/mol. The second-order valence-electron chi connectivity index (χ2n) is 6.98. The number of thioether (sulfide) groups is 2. The molecule has 0 unspecified atom stereocenters. The van der Waals surface area contributed by atoms with Crippen LogP contribution in [0.2, 0.25) is 0 Å². The largest absolute Gasteiger partial charge is 0.416 e. The maximum Gasteiger partial charge on any atom is 0.416 e. The summed E-state index contributed by atoms with van der Waals surface area (Å²) in [6, 6.07) is 12.3. The van der Waals surface area contributed by atoms with Crippen LogP contribution in [0.4, 0.5) is 18.9 Å². The van der Waals surface area contributed by atoms with Gasteiger partial charge < -0.3 is 9.47 Å². The molecule has 0 atom stereocenters. The van der Waals surface area contributed by atoms with Gasteiger partial charge in [-0.3, -0.25) is 9.59 Å². The van der Waals surface area contributed by atoms with E-state index in [4.69, 9.17) is 0 Å². The number of hydrogen-bond acceptors (Lipinski definition) is 6. The Hall–Kier alpha value is -2.79. The summed E-state index contributed by atoms with van der Waals surface area (Å²) in [6.07, 6.45) is -4.51. The van der Waals surface area contributed by atoms with Crippen LogP contribution < -0.4 is 4.90 Å². The average Bonchev–Trinajstić information content (AvgIpc) is 3.12. The number of carbonyl (C=O) groups excluding carboxylic acids is 2. The van der Waals surface area contributed by atoms with Crippen LogP contribution in [0.15, 0.2) is 58.6 Å². The van der Waals surface area contributed by atoms with E-state index in [1.807, 2.05) is 6.07 Å². The summed E-state index contributed by atoms with van der Waals surface area (Å²) in [4.78, 5) is 26.7. The van der Waals surface area contributed by atoms with Crippen molar-refractivity contribution < 1.29 is 22.8 Å². The molecule has 0 N–H and O–H groups in total. The zero-order valence-corrected chi connectivity index (χ0v) is 18.4. The van der Waals surface area contributed by atoms with E-state index in [0.717, 1.165) is 12.1 Å². The van der Waals surface area contributed by atoms with E-state index in [1.165, 1.54) is 34.5 Å². The van der Waals surface area contributed by atoms with Gasteiger partial charge in [0.1, 0.15) is 0 Å². The first-order chi connectivity index (χ1) is 15.2. The van der Waals surface area contributed by atoms with Crippen LogP contribution in [0.5, 0.6) is 0 Å². The summed E-state index contributed by atoms with van der Waals surface area (Å²) < 4.78 is 41.2. The van der Waals surface area contributed by atoms with Gasteiger partial charge >= 0.3 is 6.18 Å². The number of nitrogens with zero attached hydrogens (tertiary/aromatic N) is 4. The molecule has 0 fully saturated rings. The lowest BCUT2D eigenvalue weighted by atomic mass is 10.1. The SMILES string of the molecule is Cn1c(CN2C(=O)CSc3ccc(C(F)(F)F)cc32)nnc1SCC(=O)c1ccccc1. The fourth-order valence-corrected chi connectivity index (χ4v) is 4.88. The van der Waals surface area contributed by atoms with Crippen LogP contribution in [-0.2, 0) is 24.6 Å². The van der Waals surface area contributed by atoms with E-state index >= 15 is 0 Å². The number of ketones is 1. The summed E-state index contributed by atoms with van der Waals surface area (Å²) >= 11 is 2.41. The molecule has 2 heterocycles. The molecule has 0 saturated heterocycles. The topological polar surface area (TPSA) is 68.1 Å². The number of alkyl halides is 3. The van der Waals surface area contributed by atoms with Gasteiger partial charge in [-0.05, 0) is 18.2 Å². The third-order valence-electron chi connectivity index (χ3n) is 4.88. The molecule has 1 aromatic heterocycles. The number of carbonyl (C=O) groups is 2. The highest BCUT2D eigenvalue weighted by Gasteiger charge is 2.34. The molecule has 6 nitrogen and oxygen atoms in total. The molecule has 0 bridgehead atoms. The van der Waals surface area contributed by atoms with Gasteiger partial charge in [-0.25, -0.2) is 0 Å². The molecule has 3 aromatic rings. The minimum atomic E-state index is -4.51. The van der Waals surface area contributed by atoms with Crippen molar-refractivity contribution in [2.45, 2.75) is 22.8 Å². The van der Waals surface area contributed by atoms with E-state index in [2.05, 4.69) is 10.2 Å². The Balaban J connectivity index is 1.52. The Morgan fingerprint density at radius 1 is 1.16 bits per heavy atom. The van der Waals surface area contributed by atoms with Crippen LogP contribution in [0.3, 0.4) is 0 Å². The Morgan fingerprint density at radius 2 is 1.91 bits per heavy atom. The highest BCUT2D eigenvalue weighted by Crippen LogP contribution is 2.40. The Kier molecular flexibility index (Phi) is 6.29. The molecule has 0 radical (unpaired) electrons. The smallest absolute Gasteiger partial charge is 0.308 e. The predicted molar refractivity (Wildman–Crippen MR) is 116 cm³/mol. The molecule has 1 aliphatic heterocycles. The molecular formula is C21H17F3N4O2S2. The number of anilines is 1. The van der Waals surface area contributed by atoms with E-state index in [9.17, 15) is 22.8 Å². The molecule has 2 aromatic carbocycles. The molecule has 1 amide bonds. The second-order valence-corrected chi connectivity index (χ2v) is 8.94. The van der Waals surface area contributed by atoms with Crippen molar-refractivity contribution in [3.05, 3.63) is 65.5 Å². The van der Waals surface area contributed by atoms with Gasteiger partial charge in [0.25, 0.3) is 0 Å². The van der Waals surface area contributed by atoms with Crippen LogP contribution in [0.25, 0.3) is 0 Å². The zero-order chi connectivity index (χ0) is 22.9. The summed E-state index contributed by atoms with van der Waals surface area (Å²) in [7, 11) is 1.70. The van der Waals surface area contributed by atoms with E-state index < -0.39 is 11.7 Å². The predicted octanol–water partition coefficient (Wildman–Crippen LogP) is 4.45. The number of halogens is 3. The molecule has 0 saturated carbocycles. The third-order valence-corrected chi connectivity index (χ3v) is 6.95. The highest BCUT2D eigenvalue weighted by molar-refractivity contribution is 8.00. The van der Waals surface area contributed by atoms with Gasteiger partial charge in [-0.15, -0.1) is 22.0 Å². The minimum Gasteiger partial charge on any atom is -0.308 e. The van der Waals surface area contributed by atoms with Crippen molar-refractivity contribution >= 4 is 40.9 Å². The number of amides is 1. The lowest BCUT2D eigenvalue weighted by Gasteiger charge is -2.29. The van der Waals surface area contributed by atoms with E-state index in [-0.39, 0.29) is 35.4 Å². The van der Waals surface area contributed by atoms with Crippen LogP contribution >= 0.6 is 23.5 Å². The van der Waals surface area contributed by atoms with Gasteiger partial charge in [0.2, 0.25) is 5.91 Å². The lowest BCUT2D eigenvalue weighted by Crippen LogP contribution is -2.36. The van der Waals surface area contributed by atoms with Crippen LogP contribution in [0.1, 0.15) is 21.7 Å². The maximum absolute atomic E-state index is 13.2. The Morgan fingerprint density at radius 3 is 2.62 bits per heavy atom. The molecule has 166 valence electrons. The first kappa shape index (κ1) is 22.4. The number of aromatic nitrogens is 3. The van der Waals surface area contributed by atoms with Gasteiger partial charge in [-0.1, -0.05) is 42.1 Å². The van der Waals surface area contributed by atoms with Crippen molar-refractivity contribution in [1.29, 1.82) is 0 Å². The van der Waals surface area contributed by atoms with Crippen molar-refractivity contribution in [3.8, 4) is 0 Å². The highest BCUT2D eigenvalue weighted by atomic mass is 32.2. The average molecular weight is 479 g/mol. The summed E-state index contributed by atoms with van der Waals surface area (Å²) in [5.41, 5.74) is -0.0152. The molecule has 0 spiro atoms. The number of benzene rings is 2. The monoisotopic (exact) mass is 478 g/mol. The van der Waals surface area contributed by atoms with Crippen molar-refractivity contribution in [2.24, 2.45) is 7.05 Å². The Bertz CT molecular complexity index is 1170. The van der Waals surface area contributed by atoms with E-state index in [1.54, 1.807) is 35.9 Å². The van der Waals surface area contributed by atoms with Crippen molar-refractivity contribution in [2.75, 3.05) is 16.4 Å². The summed E-state index contributed by atoms with van der Waals surface area (Å²) in [6.45, 7) is -0.0234. The zero-order valence-electron chi connectivity index (χ0n) is 16.8. The fourth-order valence-electron chi connectivity index (χ4n) is 3.14. The minimum absolute atomic E-state index is 0.0234. The number of Topliss-reactive ketones (excluding diaryl/α,β-unsaturated/α-hetero) is 1.